The molecule has 1 atom stereocenters. The van der Waals surface area contributed by atoms with Gasteiger partial charge >= 0.3 is 11.8 Å². The van der Waals surface area contributed by atoms with E-state index in [1.807, 2.05) is 25.1 Å². The lowest BCUT2D eigenvalue weighted by molar-refractivity contribution is -0.136. The molecule has 3 N–H and O–H groups in total. The van der Waals surface area contributed by atoms with E-state index in [9.17, 15) is 9.59 Å². The third-order valence-electron chi connectivity index (χ3n) is 3.80. The maximum absolute atomic E-state index is 12.0. The van der Waals surface area contributed by atoms with Gasteiger partial charge in [-0.25, -0.2) is 0 Å². The lowest BCUT2D eigenvalue weighted by Crippen LogP contribution is -2.43. The van der Waals surface area contributed by atoms with Gasteiger partial charge in [0.25, 0.3) is 0 Å². The number of aliphatic hydroxyl groups excluding tert-OH is 1. The Morgan fingerprint density at radius 1 is 1.29 bits per heavy atom. The second-order valence-electron chi connectivity index (χ2n) is 5.39. The van der Waals surface area contributed by atoms with Crippen LogP contribution in [0.5, 0.6) is 0 Å². The van der Waals surface area contributed by atoms with E-state index in [4.69, 9.17) is 5.11 Å². The molecule has 0 aliphatic heterocycles. The fourth-order valence-electron chi connectivity index (χ4n) is 2.43. The first kappa shape index (κ1) is 15.5. The zero-order valence-electron chi connectivity index (χ0n) is 12.3. The molecule has 1 aliphatic carbocycles. The number of amides is 2. The predicted octanol–water partition coefficient (Wildman–Crippen LogP) is 1.46. The van der Waals surface area contributed by atoms with Gasteiger partial charge in [-0.2, -0.15) is 0 Å². The minimum atomic E-state index is -0.653. The van der Waals surface area contributed by atoms with Gasteiger partial charge in [0, 0.05) is 18.3 Å². The van der Waals surface area contributed by atoms with E-state index in [0.29, 0.717) is 18.0 Å². The molecule has 1 unspecified atom stereocenters. The molecule has 0 spiro atoms. The number of para-hydroxylation sites is 1. The summed E-state index contributed by atoms with van der Waals surface area (Å²) in [5.41, 5.74) is 1.66. The van der Waals surface area contributed by atoms with E-state index < -0.39 is 11.8 Å². The normalized spacial score (nSPS) is 15.3. The molecule has 0 aromatic heterocycles. The zero-order chi connectivity index (χ0) is 15.2. The van der Waals surface area contributed by atoms with E-state index in [2.05, 4.69) is 10.6 Å². The second-order valence-corrected chi connectivity index (χ2v) is 5.39. The molecule has 1 aliphatic rings. The Labute approximate surface area is 124 Å². The predicted molar refractivity (Wildman–Crippen MR) is 80.8 cm³/mol. The Morgan fingerprint density at radius 2 is 2.00 bits per heavy atom. The summed E-state index contributed by atoms with van der Waals surface area (Å²) in [6.07, 6.45) is 3.37. The van der Waals surface area contributed by atoms with E-state index in [-0.39, 0.29) is 12.6 Å². The fraction of sp³-hybridized carbons (Fsp3) is 0.500. The first-order valence-corrected chi connectivity index (χ1v) is 7.46. The Hall–Kier alpha value is -1.88. The Morgan fingerprint density at radius 3 is 2.62 bits per heavy atom. The molecule has 0 saturated heterocycles. The molecule has 0 heterocycles. The number of anilines is 1. The smallest absolute Gasteiger partial charge is 0.313 e. The third-order valence-corrected chi connectivity index (χ3v) is 3.80. The summed E-state index contributed by atoms with van der Waals surface area (Å²) < 4.78 is 0. The van der Waals surface area contributed by atoms with Gasteiger partial charge in [0.15, 0.2) is 0 Å². The largest absolute Gasteiger partial charge is 0.396 e. The minimum absolute atomic E-state index is 0.0156. The van der Waals surface area contributed by atoms with Gasteiger partial charge in [0.2, 0.25) is 0 Å². The molecule has 0 radical (unpaired) electrons. The SMILES string of the molecule is CCc1ccccc1NC(=O)C(=O)NC(CCO)C1CC1. The highest BCUT2D eigenvalue weighted by atomic mass is 16.3. The third kappa shape index (κ3) is 4.29. The Balaban J connectivity index is 1.94. The summed E-state index contributed by atoms with van der Waals surface area (Å²) in [4.78, 5) is 23.9. The van der Waals surface area contributed by atoms with Crippen LogP contribution < -0.4 is 10.6 Å². The molecule has 1 fully saturated rings. The average Bonchev–Trinajstić information content (AvgIpc) is 3.31. The number of benzene rings is 1. The van der Waals surface area contributed by atoms with Crippen molar-refractivity contribution in [2.45, 2.75) is 38.6 Å². The maximum Gasteiger partial charge on any atom is 0.313 e. The van der Waals surface area contributed by atoms with Crippen LogP contribution in [-0.4, -0.2) is 29.6 Å². The average molecular weight is 290 g/mol. The van der Waals surface area contributed by atoms with Crippen molar-refractivity contribution in [1.82, 2.24) is 5.32 Å². The van der Waals surface area contributed by atoms with E-state index >= 15 is 0 Å². The molecule has 1 aromatic rings. The van der Waals surface area contributed by atoms with Crippen molar-refractivity contribution in [1.29, 1.82) is 0 Å². The molecule has 1 saturated carbocycles. The molecular formula is C16H22N2O3. The summed E-state index contributed by atoms with van der Waals surface area (Å²) in [5.74, 6) is -0.887. The van der Waals surface area contributed by atoms with Crippen LogP contribution in [0.3, 0.4) is 0 Å². The number of hydrogen-bond acceptors (Lipinski definition) is 3. The van der Waals surface area contributed by atoms with Crippen molar-refractivity contribution in [3.63, 3.8) is 0 Å². The van der Waals surface area contributed by atoms with Crippen LogP contribution >= 0.6 is 0 Å². The topological polar surface area (TPSA) is 78.4 Å². The summed E-state index contributed by atoms with van der Waals surface area (Å²) in [5, 5.41) is 14.4. The van der Waals surface area contributed by atoms with E-state index in [1.165, 1.54) is 0 Å². The van der Waals surface area contributed by atoms with Crippen molar-refractivity contribution in [3.05, 3.63) is 29.8 Å². The van der Waals surface area contributed by atoms with Crippen molar-refractivity contribution < 1.29 is 14.7 Å². The van der Waals surface area contributed by atoms with Crippen molar-refractivity contribution in [2.24, 2.45) is 5.92 Å². The molecule has 2 rings (SSSR count). The van der Waals surface area contributed by atoms with Crippen molar-refractivity contribution in [2.75, 3.05) is 11.9 Å². The molecule has 5 nitrogen and oxygen atoms in total. The monoisotopic (exact) mass is 290 g/mol. The van der Waals surface area contributed by atoms with Crippen LogP contribution in [-0.2, 0) is 16.0 Å². The quantitative estimate of drug-likeness (QED) is 0.694. The Kier molecular flexibility index (Phi) is 5.33. The number of rotatable bonds is 6. The van der Waals surface area contributed by atoms with Crippen LogP contribution in [0.25, 0.3) is 0 Å². The minimum Gasteiger partial charge on any atom is -0.396 e. The van der Waals surface area contributed by atoms with Gasteiger partial charge in [0.1, 0.15) is 0 Å². The number of hydrogen-bond donors (Lipinski definition) is 3. The number of aryl methyl sites for hydroxylation is 1. The van der Waals surface area contributed by atoms with Gasteiger partial charge in [-0.15, -0.1) is 0 Å². The lowest BCUT2D eigenvalue weighted by Gasteiger charge is -2.17. The van der Waals surface area contributed by atoms with Crippen LogP contribution in [0, 0.1) is 5.92 Å². The first-order valence-electron chi connectivity index (χ1n) is 7.46. The van der Waals surface area contributed by atoms with Gasteiger partial charge in [0.05, 0.1) is 0 Å². The first-order chi connectivity index (χ1) is 10.2. The Bertz CT molecular complexity index is 512. The van der Waals surface area contributed by atoms with E-state index in [1.54, 1.807) is 6.07 Å². The lowest BCUT2D eigenvalue weighted by atomic mass is 10.1. The fourth-order valence-corrected chi connectivity index (χ4v) is 2.43. The highest BCUT2D eigenvalue weighted by molar-refractivity contribution is 6.39. The number of carbonyl (C=O) groups is 2. The number of carbonyl (C=O) groups excluding carboxylic acids is 2. The maximum atomic E-state index is 12.0. The molecule has 21 heavy (non-hydrogen) atoms. The van der Waals surface area contributed by atoms with Gasteiger partial charge in [-0.05, 0) is 43.2 Å². The van der Waals surface area contributed by atoms with Gasteiger partial charge in [-0.1, -0.05) is 25.1 Å². The van der Waals surface area contributed by atoms with Gasteiger partial charge < -0.3 is 15.7 Å². The number of nitrogens with one attached hydrogen (secondary N) is 2. The van der Waals surface area contributed by atoms with Crippen molar-refractivity contribution >= 4 is 17.5 Å². The summed E-state index contributed by atoms with van der Waals surface area (Å²) in [6.45, 7) is 2.01. The molecule has 1 aromatic carbocycles. The highest BCUT2D eigenvalue weighted by Crippen LogP contribution is 2.33. The van der Waals surface area contributed by atoms with Crippen molar-refractivity contribution in [3.8, 4) is 0 Å². The molecule has 2 amide bonds. The standard InChI is InChI=1S/C16H22N2O3/c1-2-11-5-3-4-6-13(11)17-15(20)16(21)18-14(9-10-19)12-7-8-12/h3-6,12,14,19H,2,7-10H2,1H3,(H,17,20)(H,18,21). The van der Waals surface area contributed by atoms with E-state index in [0.717, 1.165) is 24.8 Å². The van der Waals surface area contributed by atoms with Crippen LogP contribution in [0.15, 0.2) is 24.3 Å². The zero-order valence-corrected chi connectivity index (χ0v) is 12.3. The highest BCUT2D eigenvalue weighted by Gasteiger charge is 2.33. The summed E-state index contributed by atoms with van der Waals surface area (Å²) >= 11 is 0. The summed E-state index contributed by atoms with van der Waals surface area (Å²) in [6, 6.07) is 7.34. The van der Waals surface area contributed by atoms with Gasteiger partial charge in [-0.3, -0.25) is 9.59 Å². The van der Waals surface area contributed by atoms with Crippen LogP contribution in [0.2, 0.25) is 0 Å². The molecule has 114 valence electrons. The number of aliphatic hydroxyl groups is 1. The molecule has 5 heteroatoms. The summed E-state index contributed by atoms with van der Waals surface area (Å²) in [7, 11) is 0. The molecule has 0 bridgehead atoms. The van der Waals surface area contributed by atoms with Crippen LogP contribution in [0.1, 0.15) is 31.7 Å². The van der Waals surface area contributed by atoms with Crippen LogP contribution in [0.4, 0.5) is 5.69 Å². The second kappa shape index (κ2) is 7.22. The molecular weight excluding hydrogens is 268 g/mol.